The van der Waals surface area contributed by atoms with E-state index in [2.05, 4.69) is 31.6 Å². The minimum absolute atomic E-state index is 0.0100. The Morgan fingerprint density at radius 1 is 0.880 bits per heavy atom. The zero-order valence-electron chi connectivity index (χ0n) is 49.4. The van der Waals surface area contributed by atoms with Gasteiger partial charge in [0, 0.05) is 76.4 Å². The molecule has 6 rings (SSSR count). The number of carbonyl (C=O) groups excluding carboxylic acids is 8. The summed E-state index contributed by atoms with van der Waals surface area (Å²) in [5.74, 6) is -3.92. The van der Waals surface area contributed by atoms with E-state index in [1.165, 1.54) is 18.2 Å². The van der Waals surface area contributed by atoms with Crippen molar-refractivity contribution in [2.24, 2.45) is 17.8 Å². The number of piperidine rings is 1. The number of cyclic esters (lactones) is 1. The number of nitrogens with zero attached hydrogens (tertiary/aromatic N) is 6. The van der Waals surface area contributed by atoms with Crippen LogP contribution in [0.5, 0.6) is 0 Å². The number of benzene rings is 2. The summed E-state index contributed by atoms with van der Waals surface area (Å²) in [4.78, 5) is 107. The molecule has 0 radical (unpaired) electrons. The zero-order chi connectivity index (χ0) is 60.3. The molecular weight excluding hydrogens is 1070 g/mol. The number of rotatable bonds is 24. The molecule has 1 aromatic heterocycles. The number of esters is 1. The van der Waals surface area contributed by atoms with E-state index in [9.17, 15) is 43.5 Å². The number of aliphatic hydroxyl groups excluding tert-OH is 1. The summed E-state index contributed by atoms with van der Waals surface area (Å²) in [6.45, 7) is 15.1. The maximum atomic E-state index is 15.6. The Morgan fingerprint density at radius 3 is 2.27 bits per heavy atom. The molecule has 0 bridgehead atoms. The third-order valence-electron chi connectivity index (χ3n) is 15.6. The number of aryl methyl sites for hydroxylation is 1. The Morgan fingerprint density at radius 2 is 1.59 bits per heavy atom. The highest BCUT2D eigenvalue weighted by molar-refractivity contribution is 6.12. The first-order valence-electron chi connectivity index (χ1n) is 29.3. The molecule has 2 aromatic carbocycles. The van der Waals surface area contributed by atoms with Crippen LogP contribution in [0.4, 0.5) is 14.9 Å². The Bertz CT molecular complexity index is 2830. The van der Waals surface area contributed by atoms with E-state index in [1.54, 1.807) is 67.3 Å². The van der Waals surface area contributed by atoms with Gasteiger partial charge in [0.2, 0.25) is 23.6 Å². The molecule has 3 aliphatic heterocycles. The monoisotopic (exact) mass is 1150 g/mol. The van der Waals surface area contributed by atoms with Crippen LogP contribution in [-0.4, -0.2) is 159 Å². The molecule has 5 N–H and O–H groups in total. The van der Waals surface area contributed by atoms with Crippen LogP contribution in [0.2, 0.25) is 0 Å². The van der Waals surface area contributed by atoms with Crippen LogP contribution in [-0.2, 0) is 49.5 Å². The van der Waals surface area contributed by atoms with Gasteiger partial charge in [-0.25, -0.2) is 13.9 Å². The highest BCUT2D eigenvalue weighted by atomic mass is 19.1. The fourth-order valence-corrected chi connectivity index (χ4v) is 10.5. The van der Waals surface area contributed by atoms with Gasteiger partial charge in [0.25, 0.3) is 11.8 Å². The van der Waals surface area contributed by atoms with Crippen LogP contribution >= 0.6 is 0 Å². The van der Waals surface area contributed by atoms with Crippen molar-refractivity contribution in [1.82, 2.24) is 45.6 Å². The zero-order valence-corrected chi connectivity index (χ0v) is 49.4. The number of unbranched alkanes of at least 4 members (excludes halogenated alkanes) is 3. The minimum atomic E-state index is -0.989. The summed E-state index contributed by atoms with van der Waals surface area (Å²) >= 11 is 0. The van der Waals surface area contributed by atoms with Crippen LogP contribution in [0.1, 0.15) is 136 Å². The number of halogens is 1. The maximum Gasteiger partial charge on any atom is 0.410 e. The number of amides is 7. The van der Waals surface area contributed by atoms with Crippen molar-refractivity contribution in [2.45, 2.75) is 162 Å². The molecule has 4 heterocycles. The van der Waals surface area contributed by atoms with Crippen molar-refractivity contribution in [3.63, 3.8) is 0 Å². The second kappa shape index (κ2) is 31.4. The fourth-order valence-electron chi connectivity index (χ4n) is 10.5. The van der Waals surface area contributed by atoms with E-state index in [0.29, 0.717) is 106 Å². The molecular formula is C61H85FN10O11. The third-order valence-corrected chi connectivity index (χ3v) is 15.6. The molecule has 0 aliphatic carbocycles. The largest absolute Gasteiger partial charge is 0.457 e. The lowest BCUT2D eigenvalue weighted by molar-refractivity contribution is -0.151. The number of imide groups is 1. The Labute approximate surface area is 486 Å². The van der Waals surface area contributed by atoms with E-state index in [1.807, 2.05) is 51.2 Å². The molecule has 0 spiro atoms. The molecule has 7 atom stereocenters. The van der Waals surface area contributed by atoms with Gasteiger partial charge in [0.05, 0.1) is 24.1 Å². The molecule has 21 nitrogen and oxygen atoms in total. The molecule has 1 saturated heterocycles. The van der Waals surface area contributed by atoms with Crippen molar-refractivity contribution in [3.8, 4) is 0 Å². The van der Waals surface area contributed by atoms with Crippen molar-refractivity contribution < 1.29 is 57.3 Å². The number of hydrogen-bond acceptors (Lipinski definition) is 14. The summed E-state index contributed by atoms with van der Waals surface area (Å²) < 4.78 is 29.7. The Balaban J connectivity index is 0.998. The first kappa shape index (κ1) is 64.8. The molecule has 0 saturated carbocycles. The Hall–Kier alpha value is -7.33. The quantitative estimate of drug-likeness (QED) is 0.0275. The molecule has 7 amide bonds. The second-order valence-corrected chi connectivity index (χ2v) is 22.7. The van der Waals surface area contributed by atoms with Crippen LogP contribution < -0.4 is 21.3 Å². The smallest absolute Gasteiger partial charge is 0.410 e. The SMILES string of the molecule is CNCCN(CCCCc1ccc(NC(=O)[C@H](C)NC(=O)[C@@H](NC(=O)CCCCCN2C(=O)C=CC2=O)C(C)C)cc1)C(=O)O[C@H]1/C=C/[C@H](C)[C@@H](/C(C)=C/c2cc(F)c3nnn(C4CCN(C(C)=O)CC4)c3c2)OC(=O)C[C@H](O)CC[C@@H]1C. The first-order chi connectivity index (χ1) is 39.6. The number of likely N-dealkylation sites (tertiary alicyclic amines) is 1. The lowest BCUT2D eigenvalue weighted by Crippen LogP contribution is -2.53. The number of carbonyl (C=O) groups is 8. The first-order valence-corrected chi connectivity index (χ1v) is 29.3. The predicted molar refractivity (Wildman–Crippen MR) is 311 cm³/mol. The van der Waals surface area contributed by atoms with Gasteiger partial charge in [0.15, 0.2) is 5.82 Å². The lowest BCUT2D eigenvalue weighted by atomic mass is 9.91. The molecule has 452 valence electrons. The average molecular weight is 1150 g/mol. The van der Waals surface area contributed by atoms with Crippen molar-refractivity contribution >= 4 is 70.3 Å². The van der Waals surface area contributed by atoms with E-state index in [4.69, 9.17) is 9.47 Å². The average Bonchev–Trinajstić information content (AvgIpc) is 4.28. The van der Waals surface area contributed by atoms with Gasteiger partial charge in [0.1, 0.15) is 29.8 Å². The highest BCUT2D eigenvalue weighted by Crippen LogP contribution is 2.30. The van der Waals surface area contributed by atoms with E-state index in [0.717, 1.165) is 16.9 Å². The minimum Gasteiger partial charge on any atom is -0.457 e. The molecule has 22 heteroatoms. The normalized spacial score (nSPS) is 21.2. The van der Waals surface area contributed by atoms with Crippen molar-refractivity contribution in [1.29, 1.82) is 0 Å². The van der Waals surface area contributed by atoms with Gasteiger partial charge >= 0.3 is 12.1 Å². The van der Waals surface area contributed by atoms with Crippen LogP contribution in [0, 0.1) is 23.6 Å². The van der Waals surface area contributed by atoms with Gasteiger partial charge in [-0.05, 0) is 138 Å². The predicted octanol–water partition coefficient (Wildman–Crippen LogP) is 6.56. The third kappa shape index (κ3) is 19.1. The highest BCUT2D eigenvalue weighted by Gasteiger charge is 2.31. The standard InChI is InChI=1S/C61H85FN10O11/c1-38(2)56(66-52(75)15-10-9-12-30-71-53(76)24-25-54(71)77)60(80)64-42(6)59(79)65-46-20-18-44(19-21-46)14-11-13-29-70(33-28-63-8)61(81)82-51-23-17-40(4)58(83-55(78)37-48(74)22-16-39(51)3)41(5)34-45-35-49(62)57-50(36-45)72(68-67-57)47-26-31-69(32-27-47)43(7)73/h17-21,23-25,34-36,38-40,42,47-48,51,56,58,63,74H,9-16,22,26-33,37H2,1-8H3,(H,64,80)(H,65,79)(H,66,75)/b23-17+,41-34+/t39-,40-,42-,48+,51-,56-,58-/m0/s1. The molecule has 3 aliphatic rings. The van der Waals surface area contributed by atoms with Crippen molar-refractivity contribution in [3.05, 3.63) is 83.2 Å². The number of nitrogens with one attached hydrogen (secondary N) is 4. The molecule has 83 heavy (non-hydrogen) atoms. The van der Waals surface area contributed by atoms with Gasteiger partial charge in [-0.1, -0.05) is 63.6 Å². The topological polar surface area (TPSA) is 264 Å². The Kier molecular flexibility index (Phi) is 24.5. The van der Waals surface area contributed by atoms with Gasteiger partial charge in [-0.3, -0.25) is 38.5 Å². The van der Waals surface area contributed by atoms with Crippen LogP contribution in [0.15, 0.2) is 66.3 Å². The number of likely N-dealkylation sites (N-methyl/N-ethyl adjacent to an activating group) is 1. The number of ether oxygens (including phenoxy) is 2. The number of aromatic nitrogens is 3. The summed E-state index contributed by atoms with van der Waals surface area (Å²) in [5.41, 5.74) is 3.36. The summed E-state index contributed by atoms with van der Waals surface area (Å²) in [6.07, 6.45) is 10.8. The van der Waals surface area contributed by atoms with Crippen LogP contribution in [0.3, 0.4) is 0 Å². The second-order valence-electron chi connectivity index (χ2n) is 22.7. The summed E-state index contributed by atoms with van der Waals surface area (Å²) in [6, 6.07) is 8.73. The van der Waals surface area contributed by atoms with Gasteiger partial charge in [-0.2, -0.15) is 0 Å². The molecule has 0 unspecified atom stereocenters. The number of anilines is 1. The van der Waals surface area contributed by atoms with Crippen LogP contribution in [0.25, 0.3) is 17.1 Å². The number of hydrogen-bond donors (Lipinski definition) is 5. The molecule has 3 aromatic rings. The number of aliphatic hydroxyl groups is 1. The summed E-state index contributed by atoms with van der Waals surface area (Å²) in [7, 11) is 1.81. The van der Waals surface area contributed by atoms with E-state index < -0.39 is 66.0 Å². The van der Waals surface area contributed by atoms with E-state index >= 15 is 4.39 Å². The number of fused-ring (bicyclic) bond motifs is 1. The summed E-state index contributed by atoms with van der Waals surface area (Å²) in [5, 5.41) is 30.9. The van der Waals surface area contributed by atoms with E-state index in [-0.39, 0.29) is 72.8 Å². The van der Waals surface area contributed by atoms with Gasteiger partial charge in [-0.15, -0.1) is 5.10 Å². The van der Waals surface area contributed by atoms with Gasteiger partial charge < -0.3 is 45.6 Å². The molecule has 1 fully saturated rings. The van der Waals surface area contributed by atoms with Crippen molar-refractivity contribution in [2.75, 3.05) is 51.6 Å². The lowest BCUT2D eigenvalue weighted by Gasteiger charge is -2.31. The fraction of sp³-hybridized carbons (Fsp3) is 0.574. The maximum absolute atomic E-state index is 15.6.